The number of nitrogens with one attached hydrogen (secondary N) is 1. The van der Waals surface area contributed by atoms with E-state index in [1.54, 1.807) is 12.4 Å². The van der Waals surface area contributed by atoms with Gasteiger partial charge in [0, 0.05) is 23.0 Å². The minimum Gasteiger partial charge on any atom is -0.398 e. The highest BCUT2D eigenvalue weighted by Gasteiger charge is 2.11. The Morgan fingerprint density at radius 3 is 2.71 bits per heavy atom. The number of nitrogen functional groups attached to an aromatic ring is 1. The van der Waals surface area contributed by atoms with Crippen molar-refractivity contribution in [2.24, 2.45) is 5.14 Å². The van der Waals surface area contributed by atoms with Crippen LogP contribution in [-0.4, -0.2) is 18.4 Å². The van der Waals surface area contributed by atoms with Crippen molar-refractivity contribution < 1.29 is 8.42 Å². The quantitative estimate of drug-likeness (QED) is 0.713. The minimum absolute atomic E-state index is 0.0285. The zero-order valence-electron chi connectivity index (χ0n) is 8.62. The van der Waals surface area contributed by atoms with E-state index in [4.69, 9.17) is 10.9 Å². The van der Waals surface area contributed by atoms with E-state index in [0.717, 1.165) is 0 Å². The molecule has 0 saturated heterocycles. The zero-order chi connectivity index (χ0) is 12.5. The molecule has 17 heavy (non-hydrogen) atoms. The molecular formula is C9H10N4O2S2. The Balaban J connectivity index is 2.40. The van der Waals surface area contributed by atoms with Gasteiger partial charge in [-0.1, -0.05) is 0 Å². The molecule has 0 aliphatic heterocycles. The lowest BCUT2D eigenvalue weighted by molar-refractivity contribution is 0.597. The number of imidazole rings is 1. The summed E-state index contributed by atoms with van der Waals surface area (Å²) in [5.74, 6) is 0. The van der Waals surface area contributed by atoms with Crippen molar-refractivity contribution in [3.05, 3.63) is 30.6 Å². The highest BCUT2D eigenvalue weighted by Crippen LogP contribution is 2.31. The number of anilines is 1. The molecule has 2 rings (SSSR count). The highest BCUT2D eigenvalue weighted by molar-refractivity contribution is 7.99. The smallest absolute Gasteiger partial charge is 0.238 e. The number of rotatable bonds is 3. The van der Waals surface area contributed by atoms with Crippen LogP contribution in [0.25, 0.3) is 0 Å². The van der Waals surface area contributed by atoms with Gasteiger partial charge in [-0.2, -0.15) is 0 Å². The number of nitrogens with two attached hydrogens (primary N) is 2. The van der Waals surface area contributed by atoms with Crippen LogP contribution in [0.15, 0.2) is 45.5 Å². The van der Waals surface area contributed by atoms with Gasteiger partial charge in [-0.05, 0) is 30.0 Å². The van der Waals surface area contributed by atoms with E-state index in [9.17, 15) is 8.42 Å². The monoisotopic (exact) mass is 270 g/mol. The first-order valence-electron chi connectivity index (χ1n) is 4.56. The SMILES string of the molecule is Nc1ccc(S(N)(=O)=O)cc1Sc1ncc[nH]1. The molecule has 0 atom stereocenters. The third-order valence-electron chi connectivity index (χ3n) is 1.99. The lowest BCUT2D eigenvalue weighted by Crippen LogP contribution is -2.12. The summed E-state index contributed by atoms with van der Waals surface area (Å²) in [6.07, 6.45) is 3.27. The topological polar surface area (TPSA) is 115 Å². The third-order valence-corrected chi connectivity index (χ3v) is 3.89. The molecule has 5 N–H and O–H groups in total. The van der Waals surface area contributed by atoms with Gasteiger partial charge in [-0.15, -0.1) is 0 Å². The van der Waals surface area contributed by atoms with E-state index in [1.807, 2.05) is 0 Å². The standard InChI is InChI=1S/C9H10N4O2S2/c10-7-2-1-6(17(11,14)15)5-8(7)16-9-12-3-4-13-9/h1-5H,10H2,(H,12,13)(H2,11,14,15). The van der Waals surface area contributed by atoms with Crippen molar-refractivity contribution in [3.8, 4) is 0 Å². The highest BCUT2D eigenvalue weighted by atomic mass is 32.2. The third kappa shape index (κ3) is 2.78. The molecule has 1 aromatic heterocycles. The summed E-state index contributed by atoms with van der Waals surface area (Å²) in [6, 6.07) is 4.31. The first-order valence-corrected chi connectivity index (χ1v) is 6.92. The van der Waals surface area contributed by atoms with Crippen LogP contribution in [0.2, 0.25) is 0 Å². The maximum absolute atomic E-state index is 11.2. The summed E-state index contributed by atoms with van der Waals surface area (Å²) in [7, 11) is -3.72. The van der Waals surface area contributed by atoms with Gasteiger partial charge >= 0.3 is 0 Å². The molecule has 1 aromatic carbocycles. The predicted octanol–water partition coefficient (Wildman–Crippen LogP) is 0.791. The van der Waals surface area contributed by atoms with E-state index in [0.29, 0.717) is 15.7 Å². The van der Waals surface area contributed by atoms with Crippen LogP contribution in [0.5, 0.6) is 0 Å². The Kier molecular flexibility index (Phi) is 3.09. The zero-order valence-corrected chi connectivity index (χ0v) is 10.3. The maximum atomic E-state index is 11.2. The summed E-state index contributed by atoms with van der Waals surface area (Å²) in [5, 5.41) is 5.68. The summed E-state index contributed by atoms with van der Waals surface area (Å²) >= 11 is 1.24. The molecule has 0 aliphatic carbocycles. The first kappa shape index (κ1) is 12.0. The molecule has 0 bridgehead atoms. The fourth-order valence-corrected chi connectivity index (χ4v) is 2.63. The molecule has 0 fully saturated rings. The number of aromatic nitrogens is 2. The second kappa shape index (κ2) is 4.40. The predicted molar refractivity (Wildman–Crippen MR) is 64.9 cm³/mol. The van der Waals surface area contributed by atoms with Gasteiger partial charge in [0.25, 0.3) is 0 Å². The number of primary sulfonamides is 1. The van der Waals surface area contributed by atoms with Gasteiger partial charge < -0.3 is 10.7 Å². The first-order chi connectivity index (χ1) is 7.97. The van der Waals surface area contributed by atoms with E-state index in [2.05, 4.69) is 9.97 Å². The van der Waals surface area contributed by atoms with Crippen molar-refractivity contribution in [2.75, 3.05) is 5.73 Å². The lowest BCUT2D eigenvalue weighted by atomic mass is 10.3. The average Bonchev–Trinajstić information content (AvgIpc) is 2.72. The largest absolute Gasteiger partial charge is 0.398 e. The molecule has 2 aromatic rings. The van der Waals surface area contributed by atoms with Crippen LogP contribution < -0.4 is 10.9 Å². The summed E-state index contributed by atoms with van der Waals surface area (Å²) in [6.45, 7) is 0. The number of H-pyrrole nitrogens is 1. The van der Waals surface area contributed by atoms with E-state index in [1.165, 1.54) is 30.0 Å². The molecule has 90 valence electrons. The molecule has 0 amide bonds. The molecular weight excluding hydrogens is 260 g/mol. The minimum atomic E-state index is -3.72. The molecule has 0 spiro atoms. The molecule has 8 heteroatoms. The van der Waals surface area contributed by atoms with Crippen molar-refractivity contribution >= 4 is 27.5 Å². The lowest BCUT2D eigenvalue weighted by Gasteiger charge is -2.05. The molecule has 0 radical (unpaired) electrons. The Morgan fingerprint density at radius 2 is 2.12 bits per heavy atom. The number of aromatic amines is 1. The number of hydrogen-bond donors (Lipinski definition) is 3. The fourth-order valence-electron chi connectivity index (χ4n) is 1.19. The Labute approximate surface area is 102 Å². The molecule has 6 nitrogen and oxygen atoms in total. The van der Waals surface area contributed by atoms with Gasteiger partial charge in [0.05, 0.1) is 4.90 Å². The van der Waals surface area contributed by atoms with E-state index < -0.39 is 10.0 Å². The van der Waals surface area contributed by atoms with Crippen molar-refractivity contribution in [1.29, 1.82) is 0 Å². The molecule has 1 heterocycles. The Morgan fingerprint density at radius 1 is 1.35 bits per heavy atom. The number of benzene rings is 1. The van der Waals surface area contributed by atoms with Crippen molar-refractivity contribution in [1.82, 2.24) is 9.97 Å². The number of sulfonamides is 1. The van der Waals surface area contributed by atoms with Crippen molar-refractivity contribution in [2.45, 2.75) is 14.9 Å². The van der Waals surface area contributed by atoms with E-state index >= 15 is 0 Å². The molecule has 0 unspecified atom stereocenters. The Bertz CT molecular complexity index is 622. The van der Waals surface area contributed by atoms with Crippen LogP contribution in [-0.2, 0) is 10.0 Å². The second-order valence-electron chi connectivity index (χ2n) is 3.24. The van der Waals surface area contributed by atoms with Crippen LogP contribution in [0.4, 0.5) is 5.69 Å². The molecule has 0 aliphatic rings. The second-order valence-corrected chi connectivity index (χ2v) is 5.83. The van der Waals surface area contributed by atoms with Gasteiger partial charge in [-0.3, -0.25) is 0 Å². The summed E-state index contributed by atoms with van der Waals surface area (Å²) in [5.41, 5.74) is 6.22. The van der Waals surface area contributed by atoms with Gasteiger partial charge in [0.15, 0.2) is 5.16 Å². The van der Waals surface area contributed by atoms with Gasteiger partial charge in [0.2, 0.25) is 10.0 Å². The maximum Gasteiger partial charge on any atom is 0.238 e. The van der Waals surface area contributed by atoms with Crippen LogP contribution in [0, 0.1) is 0 Å². The van der Waals surface area contributed by atoms with Gasteiger partial charge in [0.1, 0.15) is 0 Å². The average molecular weight is 270 g/mol. The normalized spacial score (nSPS) is 11.6. The summed E-state index contributed by atoms with van der Waals surface area (Å²) in [4.78, 5) is 7.52. The van der Waals surface area contributed by atoms with Crippen LogP contribution >= 0.6 is 11.8 Å². The van der Waals surface area contributed by atoms with Crippen LogP contribution in [0.3, 0.4) is 0 Å². The molecule has 0 saturated carbocycles. The van der Waals surface area contributed by atoms with Crippen LogP contribution in [0.1, 0.15) is 0 Å². The number of hydrogen-bond acceptors (Lipinski definition) is 5. The van der Waals surface area contributed by atoms with E-state index in [-0.39, 0.29) is 4.90 Å². The fraction of sp³-hybridized carbons (Fsp3) is 0. The Hall–Kier alpha value is -1.51. The van der Waals surface area contributed by atoms with Gasteiger partial charge in [-0.25, -0.2) is 18.5 Å². The number of nitrogens with zero attached hydrogens (tertiary/aromatic N) is 1. The summed E-state index contributed by atoms with van der Waals surface area (Å²) < 4.78 is 22.4. The van der Waals surface area contributed by atoms with Crippen molar-refractivity contribution in [3.63, 3.8) is 0 Å².